The van der Waals surface area contributed by atoms with E-state index in [9.17, 15) is 22.9 Å². The highest BCUT2D eigenvalue weighted by molar-refractivity contribution is 7.90. The minimum absolute atomic E-state index is 0.0142. The minimum Gasteiger partial charge on any atom is -0.350 e. The summed E-state index contributed by atoms with van der Waals surface area (Å²) >= 11 is 5.98. The van der Waals surface area contributed by atoms with Crippen molar-refractivity contribution in [2.24, 2.45) is 7.05 Å². The van der Waals surface area contributed by atoms with Crippen molar-refractivity contribution < 1.29 is 17.6 Å². The van der Waals surface area contributed by atoms with Crippen LogP contribution < -0.4 is 5.32 Å². The Balaban J connectivity index is 1.98. The number of halogens is 2. The topological polar surface area (TPSA) is 92.0 Å². The van der Waals surface area contributed by atoms with Gasteiger partial charge in [0, 0.05) is 35.8 Å². The molecule has 1 heterocycles. The molecule has 6 nitrogen and oxygen atoms in total. The first-order valence-corrected chi connectivity index (χ1v) is 11.0. The second-order valence-electron chi connectivity index (χ2n) is 6.88. The number of hydrogen-bond acceptors (Lipinski definition) is 4. The minimum atomic E-state index is -3.50. The molecule has 30 heavy (non-hydrogen) atoms. The maximum absolute atomic E-state index is 13.7. The summed E-state index contributed by atoms with van der Waals surface area (Å²) in [5, 5.41) is 12.2. The highest BCUT2D eigenvalue weighted by Gasteiger charge is 2.18. The number of hydrogen-bond donors (Lipinski definition) is 1. The largest absolute Gasteiger partial charge is 0.350 e. The third-order valence-electron chi connectivity index (χ3n) is 4.50. The number of benzene rings is 2. The van der Waals surface area contributed by atoms with Gasteiger partial charge in [0.1, 0.15) is 5.82 Å². The van der Waals surface area contributed by atoms with Crippen LogP contribution in [0.1, 0.15) is 21.5 Å². The zero-order valence-corrected chi connectivity index (χ0v) is 17.9. The van der Waals surface area contributed by atoms with Gasteiger partial charge in [0.2, 0.25) is 0 Å². The molecule has 2 aromatic carbocycles. The molecule has 0 aliphatic heterocycles. The molecular formula is C21H17ClFN3O3S. The first-order valence-electron chi connectivity index (χ1n) is 8.68. The molecule has 1 amide bonds. The molecule has 3 rings (SSSR count). The van der Waals surface area contributed by atoms with E-state index < -0.39 is 21.6 Å². The fourth-order valence-electron chi connectivity index (χ4n) is 3.16. The molecule has 0 fully saturated rings. The average molecular weight is 446 g/mol. The van der Waals surface area contributed by atoms with Gasteiger partial charge in [0.25, 0.3) is 5.91 Å². The van der Waals surface area contributed by atoms with Crippen molar-refractivity contribution in [1.29, 1.82) is 5.26 Å². The molecule has 0 atom stereocenters. The third kappa shape index (κ3) is 4.37. The van der Waals surface area contributed by atoms with Crippen LogP contribution in [0.25, 0.3) is 11.3 Å². The zero-order chi connectivity index (χ0) is 22.2. The van der Waals surface area contributed by atoms with Gasteiger partial charge in [-0.05, 0) is 48.9 Å². The predicted octanol–water partition coefficient (Wildman–Crippen LogP) is 4.32. The van der Waals surface area contributed by atoms with Crippen molar-refractivity contribution in [2.75, 3.05) is 11.6 Å². The second kappa shape index (κ2) is 7.94. The summed E-state index contributed by atoms with van der Waals surface area (Å²) in [7, 11) is -1.80. The summed E-state index contributed by atoms with van der Waals surface area (Å²) < 4.78 is 38.9. The Hall–Kier alpha value is -3.15. The molecule has 0 radical (unpaired) electrons. The molecule has 0 aliphatic carbocycles. The number of anilines is 1. The van der Waals surface area contributed by atoms with E-state index in [1.807, 2.05) is 6.07 Å². The van der Waals surface area contributed by atoms with Gasteiger partial charge in [-0.1, -0.05) is 11.6 Å². The summed E-state index contributed by atoms with van der Waals surface area (Å²) in [5.74, 6) is -1.00. The molecule has 0 saturated carbocycles. The third-order valence-corrected chi connectivity index (χ3v) is 5.81. The maximum Gasteiger partial charge on any atom is 0.257 e. The van der Waals surface area contributed by atoms with Gasteiger partial charge in [-0.2, -0.15) is 5.26 Å². The molecule has 1 aromatic heterocycles. The summed E-state index contributed by atoms with van der Waals surface area (Å²) in [6.07, 6.45) is 2.61. The number of rotatable bonds is 4. The first kappa shape index (κ1) is 21.6. The van der Waals surface area contributed by atoms with Crippen molar-refractivity contribution >= 4 is 33.0 Å². The molecule has 1 N–H and O–H groups in total. The SMILES string of the molecule is Cc1cc(F)cc(C#N)c1-c1cc(C(=O)Nc2cc(Cl)cc(S(C)(=O)=O)c2)cn1C. The lowest BCUT2D eigenvalue weighted by Gasteiger charge is -2.09. The lowest BCUT2D eigenvalue weighted by molar-refractivity contribution is 0.102. The Labute approximate surface area is 178 Å². The fraction of sp³-hybridized carbons (Fsp3) is 0.143. The van der Waals surface area contributed by atoms with Crippen LogP contribution in [0.5, 0.6) is 0 Å². The van der Waals surface area contributed by atoms with Gasteiger partial charge in [0.15, 0.2) is 9.84 Å². The van der Waals surface area contributed by atoms with E-state index in [1.165, 1.54) is 24.3 Å². The van der Waals surface area contributed by atoms with Crippen LogP contribution in [-0.2, 0) is 16.9 Å². The lowest BCUT2D eigenvalue weighted by atomic mass is 9.99. The van der Waals surface area contributed by atoms with Crippen molar-refractivity contribution in [3.05, 3.63) is 70.1 Å². The number of amides is 1. The van der Waals surface area contributed by atoms with Gasteiger partial charge in [-0.3, -0.25) is 4.79 Å². The number of nitrogens with zero attached hydrogens (tertiary/aromatic N) is 2. The lowest BCUT2D eigenvalue weighted by Crippen LogP contribution is -2.11. The van der Waals surface area contributed by atoms with E-state index in [2.05, 4.69) is 5.32 Å². The molecule has 154 valence electrons. The van der Waals surface area contributed by atoms with Gasteiger partial charge >= 0.3 is 0 Å². The molecule has 0 saturated heterocycles. The normalized spacial score (nSPS) is 11.2. The van der Waals surface area contributed by atoms with Gasteiger partial charge < -0.3 is 9.88 Å². The Kier molecular flexibility index (Phi) is 5.70. The van der Waals surface area contributed by atoms with Crippen LogP contribution in [0.3, 0.4) is 0 Å². The van der Waals surface area contributed by atoms with Crippen molar-refractivity contribution in [3.63, 3.8) is 0 Å². The monoisotopic (exact) mass is 445 g/mol. The first-order chi connectivity index (χ1) is 14.0. The average Bonchev–Trinajstić information content (AvgIpc) is 3.01. The quantitative estimate of drug-likeness (QED) is 0.647. The zero-order valence-electron chi connectivity index (χ0n) is 16.3. The molecule has 9 heteroatoms. The highest BCUT2D eigenvalue weighted by Crippen LogP contribution is 2.30. The molecular weight excluding hydrogens is 429 g/mol. The van der Waals surface area contributed by atoms with Crippen LogP contribution in [0, 0.1) is 24.1 Å². The number of aromatic nitrogens is 1. The van der Waals surface area contributed by atoms with Crippen molar-refractivity contribution in [2.45, 2.75) is 11.8 Å². The van der Waals surface area contributed by atoms with Crippen LogP contribution in [0.4, 0.5) is 10.1 Å². The van der Waals surface area contributed by atoms with E-state index >= 15 is 0 Å². The smallest absolute Gasteiger partial charge is 0.257 e. The molecule has 0 spiro atoms. The summed E-state index contributed by atoms with van der Waals surface area (Å²) in [4.78, 5) is 12.7. The van der Waals surface area contributed by atoms with Gasteiger partial charge in [0.05, 0.1) is 27.8 Å². The van der Waals surface area contributed by atoms with E-state index in [1.54, 1.807) is 30.8 Å². The standard InChI is InChI=1S/C21H17ClFN3O3S/c1-12-4-16(23)5-13(10-24)20(12)19-6-14(11-26(19)2)21(27)25-17-7-15(22)8-18(9-17)30(3,28)29/h4-9,11H,1-3H3,(H,25,27). The Morgan fingerprint density at radius 1 is 1.20 bits per heavy atom. The summed E-state index contributed by atoms with van der Waals surface area (Å²) in [6, 6.07) is 10.1. The van der Waals surface area contributed by atoms with Crippen molar-refractivity contribution in [3.8, 4) is 17.3 Å². The number of carbonyl (C=O) groups excluding carboxylic acids is 1. The molecule has 0 bridgehead atoms. The Morgan fingerprint density at radius 2 is 1.90 bits per heavy atom. The number of carbonyl (C=O) groups is 1. The van der Waals surface area contributed by atoms with Gasteiger partial charge in [-0.25, -0.2) is 12.8 Å². The predicted molar refractivity (Wildman–Crippen MR) is 113 cm³/mol. The van der Waals surface area contributed by atoms with E-state index in [4.69, 9.17) is 11.6 Å². The number of sulfone groups is 1. The molecule has 3 aromatic rings. The van der Waals surface area contributed by atoms with Gasteiger partial charge in [-0.15, -0.1) is 0 Å². The number of nitrogens with one attached hydrogen (secondary N) is 1. The van der Waals surface area contributed by atoms with Crippen LogP contribution in [0.15, 0.2) is 47.5 Å². The maximum atomic E-state index is 13.7. The molecule has 0 unspecified atom stereocenters. The van der Waals surface area contributed by atoms with Crippen LogP contribution in [0.2, 0.25) is 5.02 Å². The number of nitriles is 1. The van der Waals surface area contributed by atoms with E-state index in [0.29, 0.717) is 16.8 Å². The number of aryl methyl sites for hydroxylation is 2. The molecule has 0 aliphatic rings. The van der Waals surface area contributed by atoms with E-state index in [0.717, 1.165) is 12.3 Å². The van der Waals surface area contributed by atoms with Crippen LogP contribution in [-0.4, -0.2) is 25.1 Å². The Bertz CT molecular complexity index is 1320. The summed E-state index contributed by atoms with van der Waals surface area (Å²) in [6.45, 7) is 1.69. The Morgan fingerprint density at radius 3 is 2.53 bits per heavy atom. The fourth-order valence-corrected chi connectivity index (χ4v) is 4.14. The second-order valence-corrected chi connectivity index (χ2v) is 9.34. The van der Waals surface area contributed by atoms with Crippen LogP contribution >= 0.6 is 11.6 Å². The summed E-state index contributed by atoms with van der Waals surface area (Å²) in [5.41, 5.74) is 2.33. The van der Waals surface area contributed by atoms with Crippen molar-refractivity contribution in [1.82, 2.24) is 4.57 Å². The highest BCUT2D eigenvalue weighted by atomic mass is 35.5. The van der Waals surface area contributed by atoms with E-state index in [-0.39, 0.29) is 26.7 Å².